The van der Waals surface area contributed by atoms with Gasteiger partial charge in [0.2, 0.25) is 10.0 Å². The maximum absolute atomic E-state index is 12.3. The number of hydrogen-bond donors (Lipinski definition) is 2. The first-order valence-corrected chi connectivity index (χ1v) is 8.43. The number of ether oxygens (including phenoxy) is 1. The number of halogens is 1. The van der Waals surface area contributed by atoms with E-state index in [2.05, 4.69) is 21.2 Å². The van der Waals surface area contributed by atoms with Crippen molar-refractivity contribution in [3.8, 4) is 5.75 Å². The molecule has 0 fully saturated rings. The fourth-order valence-electron chi connectivity index (χ4n) is 1.77. The zero-order chi connectivity index (χ0) is 16.3. The Bertz CT molecular complexity index is 804. The zero-order valence-electron chi connectivity index (χ0n) is 11.5. The van der Waals surface area contributed by atoms with Crippen LogP contribution >= 0.6 is 15.9 Å². The van der Waals surface area contributed by atoms with Crippen molar-refractivity contribution in [2.75, 3.05) is 12.4 Å². The molecule has 0 aromatic heterocycles. The summed E-state index contributed by atoms with van der Waals surface area (Å²) >= 11 is 3.30. The number of nitrogens with two attached hydrogens (primary N) is 1. The quantitative estimate of drug-likeness (QED) is 0.844. The minimum absolute atomic E-state index is 0.0805. The molecular formula is C14H13BrN2O4S. The molecule has 0 saturated carbocycles. The van der Waals surface area contributed by atoms with E-state index in [0.29, 0.717) is 5.69 Å². The number of anilines is 1. The number of amides is 1. The largest absolute Gasteiger partial charge is 0.496 e. The number of carbonyl (C=O) groups excluding carboxylic acids is 1. The molecule has 2 aromatic carbocycles. The lowest BCUT2D eigenvalue weighted by Crippen LogP contribution is -2.16. The second-order valence-electron chi connectivity index (χ2n) is 4.37. The monoisotopic (exact) mass is 384 g/mol. The van der Waals surface area contributed by atoms with E-state index in [0.717, 1.165) is 4.47 Å². The van der Waals surface area contributed by atoms with Gasteiger partial charge in [-0.05, 0) is 42.5 Å². The van der Waals surface area contributed by atoms with Gasteiger partial charge in [-0.25, -0.2) is 13.6 Å². The predicted molar refractivity (Wildman–Crippen MR) is 86.5 cm³/mol. The van der Waals surface area contributed by atoms with Crippen molar-refractivity contribution in [2.45, 2.75) is 4.90 Å². The Labute approximate surface area is 136 Å². The van der Waals surface area contributed by atoms with Crippen LogP contribution in [0, 0.1) is 0 Å². The molecule has 0 unspecified atom stereocenters. The molecule has 0 atom stereocenters. The molecule has 22 heavy (non-hydrogen) atoms. The summed E-state index contributed by atoms with van der Waals surface area (Å²) in [5.74, 6) is -0.244. The van der Waals surface area contributed by atoms with Gasteiger partial charge in [0, 0.05) is 10.2 Å². The van der Waals surface area contributed by atoms with Gasteiger partial charge in [0.05, 0.1) is 17.6 Å². The van der Waals surface area contributed by atoms with Gasteiger partial charge in [0.1, 0.15) is 5.75 Å². The van der Waals surface area contributed by atoms with Crippen molar-refractivity contribution < 1.29 is 17.9 Å². The summed E-state index contributed by atoms with van der Waals surface area (Å²) in [6.07, 6.45) is 0. The summed E-state index contributed by atoms with van der Waals surface area (Å²) in [5.41, 5.74) is 0.646. The lowest BCUT2D eigenvalue weighted by Gasteiger charge is -2.11. The Kier molecular flexibility index (Phi) is 4.84. The second kappa shape index (κ2) is 6.47. The van der Waals surface area contributed by atoms with Crippen LogP contribution in [0.25, 0.3) is 0 Å². The predicted octanol–water partition coefficient (Wildman–Crippen LogP) is 2.36. The number of benzene rings is 2. The third kappa shape index (κ3) is 3.85. The van der Waals surface area contributed by atoms with E-state index in [1.54, 1.807) is 24.3 Å². The Morgan fingerprint density at radius 3 is 2.36 bits per heavy atom. The fraction of sp³-hybridized carbons (Fsp3) is 0.0714. The van der Waals surface area contributed by atoms with Crippen molar-refractivity contribution in [3.63, 3.8) is 0 Å². The van der Waals surface area contributed by atoms with Crippen LogP contribution in [-0.2, 0) is 10.0 Å². The van der Waals surface area contributed by atoms with Crippen LogP contribution < -0.4 is 15.2 Å². The van der Waals surface area contributed by atoms with Crippen molar-refractivity contribution >= 4 is 37.5 Å². The molecule has 8 heteroatoms. The molecule has 0 spiro atoms. The van der Waals surface area contributed by atoms with Crippen molar-refractivity contribution in [1.29, 1.82) is 0 Å². The van der Waals surface area contributed by atoms with Crippen LogP contribution in [0.5, 0.6) is 5.75 Å². The molecule has 3 N–H and O–H groups in total. The minimum Gasteiger partial charge on any atom is -0.496 e. The van der Waals surface area contributed by atoms with E-state index in [9.17, 15) is 13.2 Å². The number of methoxy groups -OCH3 is 1. The van der Waals surface area contributed by atoms with Gasteiger partial charge in [0.25, 0.3) is 5.91 Å². The summed E-state index contributed by atoms with van der Waals surface area (Å²) in [7, 11) is -2.51. The van der Waals surface area contributed by atoms with Crippen LogP contribution in [0.1, 0.15) is 10.4 Å². The molecule has 1 amide bonds. The van der Waals surface area contributed by atoms with Crippen LogP contribution in [0.4, 0.5) is 5.69 Å². The van der Waals surface area contributed by atoms with Gasteiger partial charge in [0.15, 0.2) is 0 Å². The van der Waals surface area contributed by atoms with Crippen LogP contribution in [-0.4, -0.2) is 21.4 Å². The first kappa shape index (κ1) is 16.5. The lowest BCUT2D eigenvalue weighted by molar-refractivity contribution is 0.102. The molecule has 0 bridgehead atoms. The second-order valence-corrected chi connectivity index (χ2v) is 6.85. The van der Waals surface area contributed by atoms with E-state index in [4.69, 9.17) is 9.88 Å². The normalized spacial score (nSPS) is 11.0. The highest BCUT2D eigenvalue weighted by atomic mass is 79.9. The van der Waals surface area contributed by atoms with Gasteiger partial charge in [-0.15, -0.1) is 0 Å². The molecule has 0 aliphatic rings. The summed E-state index contributed by atoms with van der Waals surface area (Å²) in [6.45, 7) is 0. The van der Waals surface area contributed by atoms with Crippen molar-refractivity contribution in [2.24, 2.45) is 5.14 Å². The van der Waals surface area contributed by atoms with E-state index in [1.165, 1.54) is 25.3 Å². The van der Waals surface area contributed by atoms with E-state index in [1.807, 2.05) is 0 Å². The fourth-order valence-corrected chi connectivity index (χ4v) is 2.58. The molecule has 2 rings (SSSR count). The van der Waals surface area contributed by atoms with Gasteiger partial charge in [-0.3, -0.25) is 4.79 Å². The molecule has 2 aromatic rings. The molecule has 0 aliphatic carbocycles. The standard InChI is InChI=1S/C14H13BrN2O4S/c1-21-13-7-6-11(22(16,19)20)8-12(13)14(18)17-10-4-2-9(15)3-5-10/h2-8H,1H3,(H,17,18)(H2,16,19,20). The zero-order valence-corrected chi connectivity index (χ0v) is 13.9. The van der Waals surface area contributed by atoms with Crippen LogP contribution in [0.15, 0.2) is 51.8 Å². The number of primary sulfonamides is 1. The number of carbonyl (C=O) groups is 1. The average molecular weight is 385 g/mol. The summed E-state index contributed by atoms with van der Waals surface area (Å²) < 4.78 is 28.8. The van der Waals surface area contributed by atoms with E-state index in [-0.39, 0.29) is 16.2 Å². The molecule has 0 heterocycles. The molecule has 6 nitrogen and oxygen atoms in total. The van der Waals surface area contributed by atoms with Crippen molar-refractivity contribution in [1.82, 2.24) is 0 Å². The van der Waals surface area contributed by atoms with Gasteiger partial charge in [-0.2, -0.15) is 0 Å². The average Bonchev–Trinajstić information content (AvgIpc) is 2.48. The van der Waals surface area contributed by atoms with Gasteiger partial charge < -0.3 is 10.1 Å². The van der Waals surface area contributed by atoms with Gasteiger partial charge in [-0.1, -0.05) is 15.9 Å². The van der Waals surface area contributed by atoms with Crippen LogP contribution in [0.2, 0.25) is 0 Å². The first-order chi connectivity index (χ1) is 10.3. The Morgan fingerprint density at radius 1 is 1.18 bits per heavy atom. The number of hydrogen-bond acceptors (Lipinski definition) is 4. The molecule has 116 valence electrons. The number of nitrogens with one attached hydrogen (secondary N) is 1. The lowest BCUT2D eigenvalue weighted by atomic mass is 10.2. The van der Waals surface area contributed by atoms with E-state index < -0.39 is 15.9 Å². The summed E-state index contributed by atoms with van der Waals surface area (Å²) in [6, 6.07) is 10.8. The third-order valence-electron chi connectivity index (χ3n) is 2.85. The molecular weight excluding hydrogens is 372 g/mol. The minimum atomic E-state index is -3.90. The maximum atomic E-state index is 12.3. The number of sulfonamides is 1. The first-order valence-electron chi connectivity index (χ1n) is 6.09. The Morgan fingerprint density at radius 2 is 1.82 bits per heavy atom. The highest BCUT2D eigenvalue weighted by Gasteiger charge is 2.17. The highest BCUT2D eigenvalue weighted by molar-refractivity contribution is 9.10. The maximum Gasteiger partial charge on any atom is 0.259 e. The topological polar surface area (TPSA) is 98.5 Å². The third-order valence-corrected chi connectivity index (χ3v) is 4.29. The molecule has 0 aliphatic heterocycles. The molecule has 0 saturated heterocycles. The van der Waals surface area contributed by atoms with E-state index >= 15 is 0 Å². The van der Waals surface area contributed by atoms with Gasteiger partial charge >= 0.3 is 0 Å². The smallest absolute Gasteiger partial charge is 0.259 e. The Hall–Kier alpha value is -1.90. The van der Waals surface area contributed by atoms with Crippen LogP contribution in [0.3, 0.4) is 0 Å². The SMILES string of the molecule is COc1ccc(S(N)(=O)=O)cc1C(=O)Nc1ccc(Br)cc1. The summed E-state index contributed by atoms with van der Waals surface area (Å²) in [4.78, 5) is 12.2. The molecule has 0 radical (unpaired) electrons. The number of rotatable bonds is 4. The Balaban J connectivity index is 2.37. The summed E-state index contributed by atoms with van der Waals surface area (Å²) in [5, 5.41) is 7.74. The highest BCUT2D eigenvalue weighted by Crippen LogP contribution is 2.23. The van der Waals surface area contributed by atoms with Crippen molar-refractivity contribution in [3.05, 3.63) is 52.5 Å².